The van der Waals surface area contributed by atoms with Gasteiger partial charge in [0.25, 0.3) is 0 Å². The van der Waals surface area contributed by atoms with E-state index in [1.807, 2.05) is 42.5 Å². The minimum atomic E-state index is -0.161. The van der Waals surface area contributed by atoms with Crippen LogP contribution in [-0.2, 0) is 11.2 Å². The van der Waals surface area contributed by atoms with Gasteiger partial charge in [-0.05, 0) is 34.9 Å². The average Bonchev–Trinajstić information content (AvgIpc) is 2.70. The van der Waals surface area contributed by atoms with E-state index in [4.69, 9.17) is 9.47 Å². The number of amides is 1. The summed E-state index contributed by atoms with van der Waals surface area (Å²) >= 11 is 0. The number of hydrogen-bond donors (Lipinski definition) is 1. The zero-order valence-corrected chi connectivity index (χ0v) is 14.5. The summed E-state index contributed by atoms with van der Waals surface area (Å²) in [6.07, 6.45) is 1.02. The van der Waals surface area contributed by atoms with Crippen molar-refractivity contribution in [3.8, 4) is 11.5 Å². The largest absolute Gasteiger partial charge is 0.486 e. The van der Waals surface area contributed by atoms with Crippen LogP contribution in [0.5, 0.6) is 11.5 Å². The van der Waals surface area contributed by atoms with E-state index in [0.717, 1.165) is 17.9 Å². The lowest BCUT2D eigenvalue weighted by molar-refractivity contribution is -0.121. The third-order valence-corrected chi connectivity index (χ3v) is 4.60. The number of carbonyl (C=O) groups is 1. The highest BCUT2D eigenvalue weighted by Crippen LogP contribution is 2.30. The number of nitrogens with one attached hydrogen (secondary N) is 1. The zero-order valence-electron chi connectivity index (χ0n) is 14.5. The third-order valence-electron chi connectivity index (χ3n) is 4.60. The molecular weight excluding hydrogens is 326 g/mol. The summed E-state index contributed by atoms with van der Waals surface area (Å²) in [6.45, 7) is 0.892. The van der Waals surface area contributed by atoms with Crippen LogP contribution in [0.4, 0.5) is 0 Å². The Bertz CT molecular complexity index is 917. The molecule has 26 heavy (non-hydrogen) atoms. The van der Waals surface area contributed by atoms with Gasteiger partial charge in [0, 0.05) is 6.42 Å². The summed E-state index contributed by atoms with van der Waals surface area (Å²) in [5.41, 5.74) is 1.20. The highest BCUT2D eigenvalue weighted by molar-refractivity contribution is 5.86. The summed E-state index contributed by atoms with van der Waals surface area (Å²) in [4.78, 5) is 12.2. The van der Waals surface area contributed by atoms with Crippen molar-refractivity contribution in [1.82, 2.24) is 5.32 Å². The van der Waals surface area contributed by atoms with Gasteiger partial charge in [0.15, 0.2) is 11.5 Å². The molecule has 4 nitrogen and oxygen atoms in total. The molecule has 4 rings (SSSR count). The predicted octanol–water partition coefficient (Wildman–Crippen LogP) is 3.73. The third kappa shape index (κ3) is 3.64. The number of fused-ring (bicyclic) bond motifs is 2. The molecule has 4 heteroatoms. The van der Waals surface area contributed by atoms with Gasteiger partial charge in [-0.15, -0.1) is 0 Å². The van der Waals surface area contributed by atoms with Crippen LogP contribution in [-0.4, -0.2) is 25.2 Å². The first-order chi connectivity index (χ1) is 12.8. The van der Waals surface area contributed by atoms with Crippen LogP contribution in [0.15, 0.2) is 66.7 Å². The zero-order chi connectivity index (χ0) is 17.8. The van der Waals surface area contributed by atoms with Gasteiger partial charge in [0.2, 0.25) is 5.91 Å². The van der Waals surface area contributed by atoms with E-state index in [0.29, 0.717) is 19.6 Å². The van der Waals surface area contributed by atoms with Crippen LogP contribution >= 0.6 is 0 Å². The monoisotopic (exact) mass is 347 g/mol. The Hall–Kier alpha value is -3.01. The Morgan fingerprint density at radius 1 is 0.962 bits per heavy atom. The Morgan fingerprint density at radius 3 is 2.65 bits per heavy atom. The van der Waals surface area contributed by atoms with Gasteiger partial charge in [-0.3, -0.25) is 4.79 Å². The lowest BCUT2D eigenvalue weighted by Gasteiger charge is -2.26. The molecule has 1 heterocycles. The van der Waals surface area contributed by atoms with Gasteiger partial charge < -0.3 is 14.8 Å². The maximum absolute atomic E-state index is 12.2. The quantitative estimate of drug-likeness (QED) is 0.765. The van der Waals surface area contributed by atoms with Crippen LogP contribution < -0.4 is 14.8 Å². The SMILES string of the molecule is O=C(CCc1cccc2ccccc12)NC[C@@H]1COc2ccccc2O1. The average molecular weight is 347 g/mol. The molecule has 0 bridgehead atoms. The highest BCUT2D eigenvalue weighted by atomic mass is 16.6. The smallest absolute Gasteiger partial charge is 0.220 e. The first-order valence-corrected chi connectivity index (χ1v) is 8.91. The molecule has 0 radical (unpaired) electrons. The second kappa shape index (κ2) is 7.48. The molecule has 0 saturated carbocycles. The Kier molecular flexibility index (Phi) is 4.73. The number of benzene rings is 3. The normalized spacial score (nSPS) is 15.6. The lowest BCUT2D eigenvalue weighted by atomic mass is 10.0. The fourth-order valence-corrected chi connectivity index (χ4v) is 3.24. The van der Waals surface area contributed by atoms with E-state index >= 15 is 0 Å². The fourth-order valence-electron chi connectivity index (χ4n) is 3.24. The Morgan fingerprint density at radius 2 is 1.73 bits per heavy atom. The van der Waals surface area contributed by atoms with Gasteiger partial charge in [-0.2, -0.15) is 0 Å². The lowest BCUT2D eigenvalue weighted by Crippen LogP contribution is -2.40. The molecule has 1 aliphatic heterocycles. The molecule has 0 unspecified atom stereocenters. The first-order valence-electron chi connectivity index (χ1n) is 8.91. The van der Waals surface area contributed by atoms with Crippen molar-refractivity contribution in [1.29, 1.82) is 0 Å². The maximum Gasteiger partial charge on any atom is 0.220 e. The number of ether oxygens (including phenoxy) is 2. The number of para-hydroxylation sites is 2. The molecule has 0 spiro atoms. The fraction of sp³-hybridized carbons (Fsp3) is 0.227. The first kappa shape index (κ1) is 16.5. The van der Waals surface area contributed by atoms with Gasteiger partial charge in [0.1, 0.15) is 12.7 Å². The summed E-state index contributed by atoms with van der Waals surface area (Å²) in [5, 5.41) is 5.37. The standard InChI is InChI=1S/C22H21NO3/c24-22(13-12-17-8-5-7-16-6-1-2-9-19(16)17)23-14-18-15-25-20-10-3-4-11-21(20)26-18/h1-11,18H,12-15H2,(H,23,24)/t18-/m1/s1. The molecule has 0 aromatic heterocycles. The van der Waals surface area contributed by atoms with Gasteiger partial charge in [-0.25, -0.2) is 0 Å². The molecule has 1 amide bonds. The minimum Gasteiger partial charge on any atom is -0.486 e. The molecule has 132 valence electrons. The molecule has 3 aromatic rings. The van der Waals surface area contributed by atoms with E-state index in [-0.39, 0.29) is 12.0 Å². The number of hydrogen-bond acceptors (Lipinski definition) is 3. The van der Waals surface area contributed by atoms with Crippen LogP contribution in [0, 0.1) is 0 Å². The number of rotatable bonds is 5. The Labute approximate surface area is 152 Å². The van der Waals surface area contributed by atoms with E-state index < -0.39 is 0 Å². The molecule has 3 aromatic carbocycles. The van der Waals surface area contributed by atoms with Crippen molar-refractivity contribution < 1.29 is 14.3 Å². The number of carbonyl (C=O) groups excluding carboxylic acids is 1. The molecular formula is C22H21NO3. The van der Waals surface area contributed by atoms with Crippen LogP contribution in [0.1, 0.15) is 12.0 Å². The van der Waals surface area contributed by atoms with Crippen molar-refractivity contribution in [2.45, 2.75) is 18.9 Å². The van der Waals surface area contributed by atoms with E-state index in [2.05, 4.69) is 29.6 Å². The van der Waals surface area contributed by atoms with Crippen LogP contribution in [0.3, 0.4) is 0 Å². The van der Waals surface area contributed by atoms with Crippen LogP contribution in [0.25, 0.3) is 10.8 Å². The number of aryl methyl sites for hydroxylation is 1. The predicted molar refractivity (Wildman–Crippen MR) is 102 cm³/mol. The van der Waals surface area contributed by atoms with Crippen LogP contribution in [0.2, 0.25) is 0 Å². The summed E-state index contributed by atoms with van der Waals surface area (Å²) in [6, 6.07) is 22.1. The molecule has 1 N–H and O–H groups in total. The molecule has 1 aliphatic rings. The molecule has 0 saturated heterocycles. The van der Waals surface area contributed by atoms with Gasteiger partial charge >= 0.3 is 0 Å². The maximum atomic E-state index is 12.2. The van der Waals surface area contributed by atoms with Crippen molar-refractivity contribution in [2.75, 3.05) is 13.2 Å². The molecule has 1 atom stereocenters. The van der Waals surface area contributed by atoms with Gasteiger partial charge in [-0.1, -0.05) is 54.6 Å². The van der Waals surface area contributed by atoms with Crippen molar-refractivity contribution in [3.63, 3.8) is 0 Å². The summed E-state index contributed by atoms with van der Waals surface area (Å²) < 4.78 is 11.5. The summed E-state index contributed by atoms with van der Waals surface area (Å²) in [7, 11) is 0. The summed E-state index contributed by atoms with van der Waals surface area (Å²) in [5.74, 6) is 1.51. The molecule has 0 aliphatic carbocycles. The second-order valence-electron chi connectivity index (χ2n) is 6.44. The van der Waals surface area contributed by atoms with E-state index in [1.165, 1.54) is 16.3 Å². The van der Waals surface area contributed by atoms with Crippen molar-refractivity contribution in [3.05, 3.63) is 72.3 Å². The topological polar surface area (TPSA) is 47.6 Å². The van der Waals surface area contributed by atoms with Gasteiger partial charge in [0.05, 0.1) is 6.54 Å². The Balaban J connectivity index is 1.30. The molecule has 0 fully saturated rings. The highest BCUT2D eigenvalue weighted by Gasteiger charge is 2.20. The van der Waals surface area contributed by atoms with E-state index in [1.54, 1.807) is 0 Å². The second-order valence-corrected chi connectivity index (χ2v) is 6.44. The van der Waals surface area contributed by atoms with E-state index in [9.17, 15) is 4.79 Å². The van der Waals surface area contributed by atoms with Crippen molar-refractivity contribution >= 4 is 16.7 Å². The minimum absolute atomic E-state index is 0.0281. The van der Waals surface area contributed by atoms with Crippen molar-refractivity contribution in [2.24, 2.45) is 0 Å².